The summed E-state index contributed by atoms with van der Waals surface area (Å²) in [6, 6.07) is 11.2. The zero-order valence-electron chi connectivity index (χ0n) is 18.0. The van der Waals surface area contributed by atoms with Gasteiger partial charge in [-0.1, -0.05) is 12.1 Å². The lowest BCUT2D eigenvalue weighted by Gasteiger charge is -2.08. The predicted octanol–water partition coefficient (Wildman–Crippen LogP) is 4.96. The average molecular weight is 470 g/mol. The van der Waals surface area contributed by atoms with Crippen molar-refractivity contribution in [3.8, 4) is 23.1 Å². The molecule has 12 heteroatoms. The van der Waals surface area contributed by atoms with Crippen molar-refractivity contribution < 1.29 is 17.6 Å². The van der Waals surface area contributed by atoms with Crippen LogP contribution >= 0.6 is 0 Å². The molecular formula is C22H18F4N8. The second-order valence-corrected chi connectivity index (χ2v) is 7.39. The molecule has 4 rings (SSSR count). The maximum atomic E-state index is 13.4. The molecule has 3 heterocycles. The lowest BCUT2D eigenvalue weighted by molar-refractivity contribution is 0.122. The summed E-state index contributed by atoms with van der Waals surface area (Å²) in [6.07, 6.45) is -4.22. The van der Waals surface area contributed by atoms with Crippen molar-refractivity contribution in [3.63, 3.8) is 0 Å². The Morgan fingerprint density at radius 2 is 1.76 bits per heavy atom. The SMILES string of the molecule is Cc1cc(C(F)F)n(-c2cc(Nc3nn(CC(F)F)c(-c4ccc(C#N)cc4)c3C)ncn2)n1. The third-order valence-electron chi connectivity index (χ3n) is 4.99. The molecule has 174 valence electrons. The Bertz CT molecular complexity index is 1350. The van der Waals surface area contributed by atoms with E-state index in [1.54, 1.807) is 38.1 Å². The number of aromatic nitrogens is 6. The van der Waals surface area contributed by atoms with Gasteiger partial charge in [0.15, 0.2) is 11.6 Å². The number of anilines is 2. The maximum absolute atomic E-state index is 13.4. The van der Waals surface area contributed by atoms with Crippen LogP contribution in [0.1, 0.15) is 28.9 Å². The van der Waals surface area contributed by atoms with Gasteiger partial charge in [-0.15, -0.1) is 0 Å². The van der Waals surface area contributed by atoms with Crippen LogP contribution in [0.25, 0.3) is 17.1 Å². The largest absolute Gasteiger partial charge is 0.323 e. The molecule has 0 saturated heterocycles. The zero-order valence-corrected chi connectivity index (χ0v) is 18.0. The Hall–Kier alpha value is -4.27. The first kappa shape index (κ1) is 22.9. The molecule has 1 aromatic carbocycles. The van der Waals surface area contributed by atoms with Gasteiger partial charge in [0.1, 0.15) is 24.4 Å². The number of alkyl halides is 4. The van der Waals surface area contributed by atoms with Gasteiger partial charge in [0.25, 0.3) is 12.9 Å². The molecule has 3 aromatic heterocycles. The highest BCUT2D eigenvalue weighted by Gasteiger charge is 2.21. The van der Waals surface area contributed by atoms with Gasteiger partial charge in [-0.25, -0.2) is 32.2 Å². The number of aryl methyl sites for hydroxylation is 1. The van der Waals surface area contributed by atoms with Crippen LogP contribution in [0.15, 0.2) is 42.7 Å². The van der Waals surface area contributed by atoms with E-state index in [-0.39, 0.29) is 23.1 Å². The summed E-state index contributed by atoms with van der Waals surface area (Å²) in [4.78, 5) is 8.11. The summed E-state index contributed by atoms with van der Waals surface area (Å²) < 4.78 is 55.4. The molecule has 0 aliphatic carbocycles. The van der Waals surface area contributed by atoms with E-state index < -0.39 is 19.4 Å². The molecule has 0 unspecified atom stereocenters. The van der Waals surface area contributed by atoms with Gasteiger partial charge in [-0.05, 0) is 32.0 Å². The highest BCUT2D eigenvalue weighted by Crippen LogP contribution is 2.31. The van der Waals surface area contributed by atoms with Crippen molar-refractivity contribution in [2.75, 3.05) is 5.32 Å². The first-order valence-electron chi connectivity index (χ1n) is 10.1. The third kappa shape index (κ3) is 4.59. The first-order valence-corrected chi connectivity index (χ1v) is 10.1. The number of benzene rings is 1. The quantitative estimate of drug-likeness (QED) is 0.384. The van der Waals surface area contributed by atoms with E-state index in [1.165, 1.54) is 23.1 Å². The van der Waals surface area contributed by atoms with E-state index in [0.717, 1.165) is 4.68 Å². The predicted molar refractivity (Wildman–Crippen MR) is 115 cm³/mol. The molecule has 0 aliphatic heterocycles. The fraction of sp³-hybridized carbons (Fsp3) is 0.227. The molecule has 0 spiro atoms. The van der Waals surface area contributed by atoms with Gasteiger partial charge >= 0.3 is 0 Å². The summed E-state index contributed by atoms with van der Waals surface area (Å²) in [5, 5.41) is 20.3. The van der Waals surface area contributed by atoms with Crippen molar-refractivity contribution in [3.05, 3.63) is 65.2 Å². The number of nitriles is 1. The van der Waals surface area contributed by atoms with Crippen molar-refractivity contribution in [2.45, 2.75) is 33.2 Å². The van der Waals surface area contributed by atoms with E-state index in [9.17, 15) is 17.6 Å². The molecule has 0 radical (unpaired) electrons. The Morgan fingerprint density at radius 3 is 2.41 bits per heavy atom. The van der Waals surface area contributed by atoms with E-state index >= 15 is 0 Å². The van der Waals surface area contributed by atoms with Crippen LogP contribution in [0.4, 0.5) is 29.2 Å². The normalized spacial score (nSPS) is 11.3. The van der Waals surface area contributed by atoms with Gasteiger partial charge < -0.3 is 5.32 Å². The Balaban J connectivity index is 1.72. The smallest absolute Gasteiger partial charge is 0.280 e. The van der Waals surface area contributed by atoms with Crippen molar-refractivity contribution >= 4 is 11.6 Å². The van der Waals surface area contributed by atoms with Crippen LogP contribution in [0.2, 0.25) is 0 Å². The molecule has 0 bridgehead atoms. The molecule has 8 nitrogen and oxygen atoms in total. The van der Waals surface area contributed by atoms with Crippen LogP contribution in [0, 0.1) is 25.2 Å². The molecule has 34 heavy (non-hydrogen) atoms. The van der Waals surface area contributed by atoms with Gasteiger partial charge in [-0.2, -0.15) is 15.5 Å². The fourth-order valence-electron chi connectivity index (χ4n) is 3.51. The Morgan fingerprint density at radius 1 is 1.03 bits per heavy atom. The number of hydrogen-bond acceptors (Lipinski definition) is 6. The summed E-state index contributed by atoms with van der Waals surface area (Å²) in [6.45, 7) is 2.66. The van der Waals surface area contributed by atoms with Gasteiger partial charge in [0.05, 0.1) is 23.0 Å². The number of nitrogens with zero attached hydrogens (tertiary/aromatic N) is 7. The highest BCUT2D eigenvalue weighted by molar-refractivity contribution is 5.72. The summed E-state index contributed by atoms with van der Waals surface area (Å²) in [5.41, 5.74) is 2.14. The minimum absolute atomic E-state index is 0.109. The third-order valence-corrected chi connectivity index (χ3v) is 4.99. The standard InChI is InChI=1S/C22H18F4N8/c1-12-7-16(21(25)26)34(31-12)19-8-18(28-11-29-19)30-22-13(2)20(33(32-22)10-17(23)24)15-5-3-14(9-27)4-6-15/h3-8,11,17,21H,10H2,1-2H3,(H,28,29,30,32). The molecule has 4 aromatic rings. The maximum Gasteiger partial charge on any atom is 0.280 e. The van der Waals surface area contributed by atoms with Crippen LogP contribution in [0.5, 0.6) is 0 Å². The lowest BCUT2D eigenvalue weighted by atomic mass is 10.1. The van der Waals surface area contributed by atoms with Crippen molar-refractivity contribution in [1.82, 2.24) is 29.5 Å². The van der Waals surface area contributed by atoms with E-state index in [2.05, 4.69) is 25.5 Å². The molecule has 1 N–H and O–H groups in total. The highest BCUT2D eigenvalue weighted by atomic mass is 19.3. The number of rotatable bonds is 7. The van der Waals surface area contributed by atoms with Gasteiger partial charge in [0, 0.05) is 17.2 Å². The summed E-state index contributed by atoms with van der Waals surface area (Å²) in [5.74, 6) is 0.586. The summed E-state index contributed by atoms with van der Waals surface area (Å²) in [7, 11) is 0. The van der Waals surface area contributed by atoms with Crippen LogP contribution in [-0.4, -0.2) is 36.0 Å². The molecule has 0 aliphatic rings. The first-order chi connectivity index (χ1) is 16.3. The average Bonchev–Trinajstić information content (AvgIpc) is 3.34. The van der Waals surface area contributed by atoms with E-state index in [1.807, 2.05) is 6.07 Å². The number of nitrogens with one attached hydrogen (secondary N) is 1. The molecule has 0 fully saturated rings. The number of hydrogen-bond donors (Lipinski definition) is 1. The van der Waals surface area contributed by atoms with Crippen LogP contribution in [-0.2, 0) is 6.54 Å². The molecule has 0 atom stereocenters. The Kier molecular flexibility index (Phi) is 6.27. The molecule has 0 saturated carbocycles. The minimum Gasteiger partial charge on any atom is -0.323 e. The Labute approximate surface area is 191 Å². The van der Waals surface area contributed by atoms with E-state index in [0.29, 0.717) is 28.1 Å². The molecular weight excluding hydrogens is 452 g/mol. The lowest BCUT2D eigenvalue weighted by Crippen LogP contribution is -2.10. The van der Waals surface area contributed by atoms with Crippen molar-refractivity contribution in [2.24, 2.45) is 0 Å². The van der Waals surface area contributed by atoms with Crippen LogP contribution in [0.3, 0.4) is 0 Å². The second-order valence-electron chi connectivity index (χ2n) is 7.39. The monoisotopic (exact) mass is 470 g/mol. The summed E-state index contributed by atoms with van der Waals surface area (Å²) >= 11 is 0. The minimum atomic E-state index is -2.75. The van der Waals surface area contributed by atoms with Gasteiger partial charge in [0.2, 0.25) is 0 Å². The second kappa shape index (κ2) is 9.30. The van der Waals surface area contributed by atoms with Crippen molar-refractivity contribution in [1.29, 1.82) is 5.26 Å². The fourth-order valence-corrected chi connectivity index (χ4v) is 3.51. The zero-order chi connectivity index (χ0) is 24.4. The van der Waals surface area contributed by atoms with Crippen LogP contribution < -0.4 is 5.32 Å². The number of halogens is 4. The van der Waals surface area contributed by atoms with Gasteiger partial charge in [-0.3, -0.25) is 4.68 Å². The topological polar surface area (TPSA) is 97.2 Å². The molecule has 0 amide bonds. The van der Waals surface area contributed by atoms with E-state index in [4.69, 9.17) is 5.26 Å².